The fraction of sp³-hybridized carbons (Fsp3) is 0.0588. The number of anilines is 1. The lowest BCUT2D eigenvalue weighted by Crippen LogP contribution is -2.04. The first-order valence-electron chi connectivity index (χ1n) is 6.97. The van der Waals surface area contributed by atoms with Crippen LogP contribution >= 0.6 is 23.2 Å². The van der Waals surface area contributed by atoms with Crippen molar-refractivity contribution in [2.45, 2.75) is 0 Å². The highest BCUT2D eigenvalue weighted by atomic mass is 35.5. The zero-order valence-electron chi connectivity index (χ0n) is 12.1. The first-order chi connectivity index (χ1) is 11.0. The van der Waals surface area contributed by atoms with Gasteiger partial charge in [-0.3, -0.25) is 4.79 Å². The van der Waals surface area contributed by atoms with E-state index in [4.69, 9.17) is 23.2 Å². The van der Waals surface area contributed by atoms with Crippen molar-refractivity contribution in [3.8, 4) is 0 Å². The number of fused-ring (bicyclic) bond motifs is 2. The quantitative estimate of drug-likeness (QED) is 0.670. The van der Waals surface area contributed by atoms with Crippen molar-refractivity contribution in [2.24, 2.45) is 7.05 Å². The third-order valence-corrected chi connectivity index (χ3v) is 4.57. The number of aromatic nitrogens is 2. The van der Waals surface area contributed by atoms with Crippen LogP contribution in [0.5, 0.6) is 0 Å². The summed E-state index contributed by atoms with van der Waals surface area (Å²) in [7, 11) is 1.93. The minimum absolute atomic E-state index is 0.228. The predicted octanol–water partition coefficient (Wildman–Crippen LogP) is 4.29. The number of halogens is 2. The molecule has 0 bridgehead atoms. The Balaban J connectivity index is 1.90. The number of carbonyl (C=O) groups excluding carboxylic acids is 1. The summed E-state index contributed by atoms with van der Waals surface area (Å²) < 4.78 is 1.93. The van der Waals surface area contributed by atoms with Crippen LogP contribution in [0.3, 0.4) is 0 Å². The molecule has 1 aliphatic rings. The molecule has 4 rings (SSSR count). The zero-order valence-corrected chi connectivity index (χ0v) is 13.6. The van der Waals surface area contributed by atoms with E-state index in [1.165, 1.54) is 0 Å². The van der Waals surface area contributed by atoms with Gasteiger partial charge in [0.2, 0.25) is 0 Å². The Morgan fingerprint density at radius 3 is 2.87 bits per heavy atom. The number of nitrogens with zero attached hydrogens (tertiary/aromatic N) is 2. The molecule has 2 heterocycles. The summed E-state index contributed by atoms with van der Waals surface area (Å²) in [5.74, 6) is -0.228. The molecule has 0 spiro atoms. The molecule has 2 aromatic carbocycles. The van der Waals surface area contributed by atoms with Crippen molar-refractivity contribution in [3.05, 3.63) is 58.9 Å². The summed E-state index contributed by atoms with van der Waals surface area (Å²) in [6.07, 6.45) is 1.75. The Hall–Kier alpha value is -2.30. The molecule has 0 fully saturated rings. The second-order valence-electron chi connectivity index (χ2n) is 5.39. The average Bonchev–Trinajstić information content (AvgIpc) is 3.05. The lowest BCUT2D eigenvalue weighted by Gasteiger charge is -2.05. The molecule has 0 atom stereocenters. The van der Waals surface area contributed by atoms with Gasteiger partial charge < -0.3 is 9.88 Å². The summed E-state index contributed by atoms with van der Waals surface area (Å²) in [5, 5.41) is 3.76. The van der Waals surface area contributed by atoms with Crippen molar-refractivity contribution in [3.63, 3.8) is 0 Å². The molecule has 0 unspecified atom stereocenters. The molecular formula is C17H11Cl2N3O. The van der Waals surface area contributed by atoms with Gasteiger partial charge in [-0.1, -0.05) is 35.3 Å². The largest absolute Gasteiger partial charge is 0.334 e. The van der Waals surface area contributed by atoms with Crippen LogP contribution in [0, 0.1) is 0 Å². The number of hydrogen-bond donors (Lipinski definition) is 1. The van der Waals surface area contributed by atoms with Gasteiger partial charge >= 0.3 is 0 Å². The molecule has 1 aliphatic heterocycles. The molecule has 1 aromatic heterocycles. The van der Waals surface area contributed by atoms with Crippen molar-refractivity contribution in [2.75, 3.05) is 5.32 Å². The SMILES string of the molecule is Cn1cnc2cc(C(Cl)=C3C(=O)Nc4cc(Cl)ccc43)ccc21. The van der Waals surface area contributed by atoms with Crippen LogP contribution < -0.4 is 5.32 Å². The number of amides is 1. The van der Waals surface area contributed by atoms with Crippen LogP contribution in [0.25, 0.3) is 21.6 Å². The van der Waals surface area contributed by atoms with Crippen LogP contribution in [0.15, 0.2) is 42.7 Å². The van der Waals surface area contributed by atoms with Crippen LogP contribution in [0.4, 0.5) is 5.69 Å². The van der Waals surface area contributed by atoms with Gasteiger partial charge in [0.25, 0.3) is 5.91 Å². The van der Waals surface area contributed by atoms with Crippen molar-refractivity contribution >= 4 is 56.4 Å². The molecule has 4 nitrogen and oxygen atoms in total. The lowest BCUT2D eigenvalue weighted by molar-refractivity contribution is -0.110. The predicted molar refractivity (Wildman–Crippen MR) is 93.5 cm³/mol. The first-order valence-corrected chi connectivity index (χ1v) is 7.72. The smallest absolute Gasteiger partial charge is 0.257 e. The summed E-state index contributed by atoms with van der Waals surface area (Å²) in [5.41, 5.74) is 4.48. The lowest BCUT2D eigenvalue weighted by atomic mass is 10.0. The highest BCUT2D eigenvalue weighted by molar-refractivity contribution is 6.59. The van der Waals surface area contributed by atoms with E-state index >= 15 is 0 Å². The van der Waals surface area contributed by atoms with Crippen LogP contribution in [0.2, 0.25) is 5.02 Å². The molecule has 0 radical (unpaired) electrons. The van der Waals surface area contributed by atoms with Crippen molar-refractivity contribution in [1.82, 2.24) is 9.55 Å². The van der Waals surface area contributed by atoms with Gasteiger partial charge in [0.1, 0.15) is 0 Å². The summed E-state index contributed by atoms with van der Waals surface area (Å²) in [6, 6.07) is 11.0. The molecule has 0 aliphatic carbocycles. The van der Waals surface area contributed by atoms with Gasteiger partial charge in [0.15, 0.2) is 0 Å². The first kappa shape index (κ1) is 14.3. The van der Waals surface area contributed by atoms with Gasteiger partial charge in [0, 0.05) is 17.6 Å². The van der Waals surface area contributed by atoms with Crippen molar-refractivity contribution < 1.29 is 4.79 Å². The van der Waals surface area contributed by atoms with E-state index in [1.807, 2.05) is 29.8 Å². The second kappa shape index (κ2) is 5.11. The number of carbonyl (C=O) groups is 1. The monoisotopic (exact) mass is 343 g/mol. The van der Waals surface area contributed by atoms with E-state index in [9.17, 15) is 4.79 Å². The van der Waals surface area contributed by atoms with Crippen LogP contribution in [0.1, 0.15) is 11.1 Å². The number of imidazole rings is 1. The molecule has 1 N–H and O–H groups in total. The van der Waals surface area contributed by atoms with Gasteiger partial charge in [-0.15, -0.1) is 0 Å². The summed E-state index contributed by atoms with van der Waals surface area (Å²) in [4.78, 5) is 16.6. The molecule has 1 amide bonds. The summed E-state index contributed by atoms with van der Waals surface area (Å²) in [6.45, 7) is 0. The Morgan fingerprint density at radius 2 is 2.04 bits per heavy atom. The van der Waals surface area contributed by atoms with Gasteiger partial charge in [-0.2, -0.15) is 0 Å². The van der Waals surface area contributed by atoms with E-state index < -0.39 is 0 Å². The van der Waals surface area contributed by atoms with Crippen LogP contribution in [-0.2, 0) is 11.8 Å². The Morgan fingerprint density at radius 1 is 1.22 bits per heavy atom. The Bertz CT molecular complexity index is 1000. The van der Waals surface area contributed by atoms with Crippen LogP contribution in [-0.4, -0.2) is 15.5 Å². The van der Waals surface area contributed by atoms with E-state index in [0.29, 0.717) is 21.3 Å². The van der Waals surface area contributed by atoms with E-state index in [1.54, 1.807) is 24.5 Å². The standard InChI is InChI=1S/C17H11Cl2N3O/c1-22-8-20-13-6-9(2-5-14(13)22)16(19)15-11-4-3-10(18)7-12(11)21-17(15)23/h2-8H,1H3,(H,21,23). The van der Waals surface area contributed by atoms with Gasteiger partial charge in [0.05, 0.1) is 33.7 Å². The number of aryl methyl sites for hydroxylation is 1. The molecule has 6 heteroatoms. The molecule has 114 valence electrons. The number of benzene rings is 2. The highest BCUT2D eigenvalue weighted by Crippen LogP contribution is 2.40. The fourth-order valence-electron chi connectivity index (χ4n) is 2.78. The number of rotatable bonds is 1. The molecule has 0 saturated heterocycles. The molecule has 3 aromatic rings. The Kier molecular flexibility index (Phi) is 3.18. The number of nitrogens with one attached hydrogen (secondary N) is 1. The minimum Gasteiger partial charge on any atom is -0.334 e. The third kappa shape index (κ3) is 2.22. The average molecular weight is 344 g/mol. The Labute approximate surface area is 142 Å². The maximum atomic E-state index is 12.3. The van der Waals surface area contributed by atoms with E-state index in [2.05, 4.69) is 10.3 Å². The number of hydrogen-bond acceptors (Lipinski definition) is 2. The van der Waals surface area contributed by atoms with Gasteiger partial charge in [-0.05, 0) is 29.8 Å². The topological polar surface area (TPSA) is 46.9 Å². The zero-order chi connectivity index (χ0) is 16.1. The second-order valence-corrected chi connectivity index (χ2v) is 6.21. The molecular weight excluding hydrogens is 333 g/mol. The third-order valence-electron chi connectivity index (χ3n) is 3.92. The van der Waals surface area contributed by atoms with Crippen molar-refractivity contribution in [1.29, 1.82) is 0 Å². The maximum absolute atomic E-state index is 12.3. The van der Waals surface area contributed by atoms with Gasteiger partial charge in [-0.25, -0.2) is 4.98 Å². The maximum Gasteiger partial charge on any atom is 0.257 e. The van der Waals surface area contributed by atoms with E-state index in [-0.39, 0.29) is 5.91 Å². The summed E-state index contributed by atoms with van der Waals surface area (Å²) >= 11 is 12.5. The fourth-order valence-corrected chi connectivity index (χ4v) is 3.26. The highest BCUT2D eigenvalue weighted by Gasteiger charge is 2.27. The van der Waals surface area contributed by atoms with E-state index in [0.717, 1.165) is 22.2 Å². The molecule has 0 saturated carbocycles. The normalized spacial score (nSPS) is 15.7. The molecule has 23 heavy (non-hydrogen) atoms. The minimum atomic E-state index is -0.228.